The van der Waals surface area contributed by atoms with E-state index in [2.05, 4.69) is 5.32 Å². The van der Waals surface area contributed by atoms with Crippen LogP contribution in [-0.2, 0) is 29.3 Å². The molecular weight excluding hydrogens is 650 g/mol. The van der Waals surface area contributed by atoms with Crippen molar-refractivity contribution in [3.8, 4) is 5.75 Å². The molecule has 0 bridgehead atoms. The van der Waals surface area contributed by atoms with E-state index in [1.54, 1.807) is 53.6 Å². The van der Waals surface area contributed by atoms with Crippen LogP contribution in [0.25, 0.3) is 0 Å². The fraction of sp³-hybridized carbons (Fsp3) is 0.385. The van der Waals surface area contributed by atoms with Crippen LogP contribution in [-0.4, -0.2) is 54.9 Å². The van der Waals surface area contributed by atoms with E-state index in [1.807, 2.05) is 84.9 Å². The molecule has 3 N–H and O–H groups in total. The van der Waals surface area contributed by atoms with Crippen molar-refractivity contribution >= 4 is 29.4 Å². The summed E-state index contributed by atoms with van der Waals surface area (Å²) in [5, 5.41) is 3.17. The predicted octanol–water partition coefficient (Wildman–Crippen LogP) is 5.73. The van der Waals surface area contributed by atoms with Gasteiger partial charge in [-0.15, -0.1) is 0 Å². The number of fused-ring (bicyclic) bond motifs is 1. The number of ether oxygens (including phenoxy) is 4. The molecule has 1 aromatic heterocycles. The fourth-order valence-corrected chi connectivity index (χ4v) is 5.78. The molecule has 0 spiro atoms. The third-order valence-corrected chi connectivity index (χ3v) is 8.48. The lowest BCUT2D eigenvalue weighted by molar-refractivity contribution is -0.188. The molecule has 0 saturated carbocycles. The molecule has 0 saturated heterocycles. The van der Waals surface area contributed by atoms with E-state index in [0.717, 1.165) is 16.7 Å². The average Bonchev–Trinajstić information content (AvgIpc) is 3.53. The third-order valence-electron chi connectivity index (χ3n) is 8.48. The number of benzene rings is 3. The molecule has 12 heteroatoms. The van der Waals surface area contributed by atoms with Gasteiger partial charge in [-0.25, -0.2) is 0 Å². The number of methoxy groups -OCH3 is 1. The number of nitrogens with two attached hydrogens (primary N) is 1. The Balaban J connectivity index is 1.60. The number of carbonyl (C=O) groups excluding carboxylic acids is 2. The summed E-state index contributed by atoms with van der Waals surface area (Å²) in [5.74, 6) is -0.103. The van der Waals surface area contributed by atoms with Gasteiger partial charge in [-0.05, 0) is 70.4 Å². The van der Waals surface area contributed by atoms with Crippen LogP contribution in [0.5, 0.6) is 5.75 Å². The van der Waals surface area contributed by atoms with Gasteiger partial charge in [-0.3, -0.25) is 23.9 Å². The average molecular weight is 698 g/mol. The zero-order chi connectivity index (χ0) is 37.0. The van der Waals surface area contributed by atoms with Crippen LogP contribution in [0.1, 0.15) is 64.7 Å². The summed E-state index contributed by atoms with van der Waals surface area (Å²) in [6, 6.07) is 26.8. The Morgan fingerprint density at radius 3 is 1.90 bits per heavy atom. The predicted molar refractivity (Wildman–Crippen MR) is 195 cm³/mol. The topological polar surface area (TPSA) is 147 Å². The third kappa shape index (κ3) is 7.56. The minimum Gasteiger partial charge on any atom is -0.497 e. The molecular formula is C39H47N5O7. The molecule has 270 valence electrons. The minimum absolute atomic E-state index is 0.0360. The highest BCUT2D eigenvalue weighted by molar-refractivity contribution is 5.77. The van der Waals surface area contributed by atoms with Gasteiger partial charge in [-0.2, -0.15) is 4.98 Å². The number of hydrogen-bond acceptors (Lipinski definition) is 11. The summed E-state index contributed by atoms with van der Waals surface area (Å²) < 4.78 is 24.3. The van der Waals surface area contributed by atoms with Gasteiger partial charge in [0.2, 0.25) is 5.95 Å². The highest BCUT2D eigenvalue weighted by Gasteiger charge is 2.44. The standard InChI is InChI=1S/C39H47N5O7/c1-37(2,3)33(46)49-23-14-24-50-36(51-34(47)38(4,5)6)43-25-41-30-31(43)42-35(40)44(32(30)45)39(26-15-10-8-11-16-26,27-17-12-9-13-18-27)28-19-21-29(48-7)22-20-28/h8-13,15-22,36,41H,14,23-25H2,1-7H3,(H2,40,42). The number of aromatic nitrogens is 2. The van der Waals surface area contributed by atoms with Crippen LogP contribution in [0.15, 0.2) is 89.7 Å². The summed E-state index contributed by atoms with van der Waals surface area (Å²) in [4.78, 5) is 46.6. The van der Waals surface area contributed by atoms with Gasteiger partial charge in [0.25, 0.3) is 12.0 Å². The molecule has 1 aliphatic heterocycles. The van der Waals surface area contributed by atoms with E-state index in [0.29, 0.717) is 12.2 Å². The molecule has 0 fully saturated rings. The van der Waals surface area contributed by atoms with E-state index in [4.69, 9.17) is 29.7 Å². The van der Waals surface area contributed by atoms with Crippen molar-refractivity contribution < 1.29 is 28.5 Å². The molecule has 5 rings (SSSR count). The van der Waals surface area contributed by atoms with Crippen molar-refractivity contribution in [1.82, 2.24) is 9.55 Å². The van der Waals surface area contributed by atoms with Crippen LogP contribution in [0.4, 0.5) is 17.5 Å². The molecule has 1 unspecified atom stereocenters. The number of nitrogen functional groups attached to an aromatic ring is 1. The van der Waals surface area contributed by atoms with Crippen LogP contribution in [0, 0.1) is 10.8 Å². The highest BCUT2D eigenvalue weighted by atomic mass is 16.7. The maximum atomic E-state index is 14.9. The van der Waals surface area contributed by atoms with Crippen molar-refractivity contribution in [1.29, 1.82) is 0 Å². The SMILES string of the molecule is COc1ccc(C(c2ccccc2)(c2ccccc2)n2c(N)nc3c(c2=O)NCN3C(OCCCOC(=O)C(C)(C)C)OC(=O)C(C)(C)C)cc1. The molecule has 0 radical (unpaired) electrons. The van der Waals surface area contributed by atoms with Crippen molar-refractivity contribution in [2.45, 2.75) is 59.9 Å². The lowest BCUT2D eigenvalue weighted by Crippen LogP contribution is -2.46. The number of anilines is 3. The quantitative estimate of drug-likeness (QED) is 0.0810. The molecule has 51 heavy (non-hydrogen) atoms. The number of hydrogen-bond donors (Lipinski definition) is 2. The summed E-state index contributed by atoms with van der Waals surface area (Å²) >= 11 is 0. The molecule has 2 heterocycles. The molecule has 1 aliphatic rings. The number of nitrogens with one attached hydrogen (secondary N) is 1. The number of carbonyl (C=O) groups is 2. The first-order valence-electron chi connectivity index (χ1n) is 16.9. The van der Waals surface area contributed by atoms with Crippen LogP contribution < -0.4 is 26.2 Å². The van der Waals surface area contributed by atoms with E-state index >= 15 is 0 Å². The summed E-state index contributed by atoms with van der Waals surface area (Å²) in [7, 11) is 1.60. The van der Waals surface area contributed by atoms with Crippen LogP contribution in [0.3, 0.4) is 0 Å². The number of nitrogens with zero attached hydrogens (tertiary/aromatic N) is 3. The number of esters is 2. The molecule has 0 aliphatic carbocycles. The van der Waals surface area contributed by atoms with Gasteiger partial charge >= 0.3 is 11.9 Å². The Morgan fingerprint density at radius 1 is 0.824 bits per heavy atom. The first-order chi connectivity index (χ1) is 24.2. The maximum Gasteiger partial charge on any atom is 0.314 e. The van der Waals surface area contributed by atoms with Gasteiger partial charge in [0, 0.05) is 6.42 Å². The second-order valence-electron chi connectivity index (χ2n) is 14.4. The van der Waals surface area contributed by atoms with E-state index in [9.17, 15) is 14.4 Å². The smallest absolute Gasteiger partial charge is 0.314 e. The van der Waals surface area contributed by atoms with Gasteiger partial charge in [0.1, 0.15) is 17.0 Å². The van der Waals surface area contributed by atoms with Gasteiger partial charge in [0.15, 0.2) is 5.82 Å². The minimum atomic E-state index is -1.26. The first kappa shape index (κ1) is 36.9. The maximum absolute atomic E-state index is 14.9. The monoisotopic (exact) mass is 697 g/mol. The van der Waals surface area contributed by atoms with Crippen molar-refractivity contribution in [3.63, 3.8) is 0 Å². The largest absolute Gasteiger partial charge is 0.497 e. The molecule has 1 atom stereocenters. The Hall–Kier alpha value is -5.36. The summed E-state index contributed by atoms with van der Waals surface area (Å²) in [5.41, 5.74) is 6.13. The Labute approximate surface area is 298 Å². The molecule has 0 amide bonds. The molecule has 12 nitrogen and oxygen atoms in total. The fourth-order valence-electron chi connectivity index (χ4n) is 5.78. The van der Waals surface area contributed by atoms with Gasteiger partial charge in [-0.1, -0.05) is 72.8 Å². The van der Waals surface area contributed by atoms with Crippen LogP contribution in [0.2, 0.25) is 0 Å². The zero-order valence-electron chi connectivity index (χ0n) is 30.3. The second kappa shape index (κ2) is 14.9. The number of rotatable bonds is 12. The second-order valence-corrected chi connectivity index (χ2v) is 14.4. The van der Waals surface area contributed by atoms with Crippen LogP contribution >= 0.6 is 0 Å². The van der Waals surface area contributed by atoms with Crippen molar-refractivity contribution in [2.24, 2.45) is 10.8 Å². The first-order valence-corrected chi connectivity index (χ1v) is 16.9. The van der Waals surface area contributed by atoms with Gasteiger partial charge in [0.05, 0.1) is 37.8 Å². The Morgan fingerprint density at radius 2 is 1.37 bits per heavy atom. The van der Waals surface area contributed by atoms with E-state index in [1.165, 1.54) is 4.57 Å². The normalized spacial score (nSPS) is 13.6. The zero-order valence-corrected chi connectivity index (χ0v) is 30.3. The lowest BCUT2D eigenvalue weighted by Gasteiger charge is -2.38. The Kier molecular flexibility index (Phi) is 10.8. The Bertz CT molecular complexity index is 1840. The van der Waals surface area contributed by atoms with Crippen molar-refractivity contribution in [2.75, 3.05) is 42.9 Å². The molecule has 3 aromatic carbocycles. The van der Waals surface area contributed by atoms with Gasteiger partial charge < -0.3 is 30.0 Å². The summed E-state index contributed by atoms with van der Waals surface area (Å²) in [6.07, 6.45) is -0.921. The summed E-state index contributed by atoms with van der Waals surface area (Å²) in [6.45, 7) is 10.8. The lowest BCUT2D eigenvalue weighted by atomic mass is 9.76. The highest BCUT2D eigenvalue weighted by Crippen LogP contribution is 2.43. The van der Waals surface area contributed by atoms with E-state index in [-0.39, 0.29) is 43.3 Å². The molecule has 4 aromatic rings. The van der Waals surface area contributed by atoms with Crippen molar-refractivity contribution in [3.05, 3.63) is 112 Å². The van der Waals surface area contributed by atoms with E-state index < -0.39 is 34.3 Å².